The minimum atomic E-state index is -2.47. The van der Waals surface area contributed by atoms with Crippen LogP contribution in [0.3, 0.4) is 0 Å². The fourth-order valence-corrected chi connectivity index (χ4v) is 5.09. The van der Waals surface area contributed by atoms with Gasteiger partial charge in [-0.05, 0) is 51.8 Å². The number of benzene rings is 2. The Hall–Kier alpha value is -2.41. The summed E-state index contributed by atoms with van der Waals surface area (Å²) >= 11 is 3.51. The van der Waals surface area contributed by atoms with E-state index in [1.807, 2.05) is 0 Å². The highest BCUT2D eigenvalue weighted by Crippen LogP contribution is 2.49. The average molecular weight is 521 g/mol. The molecule has 2 rings (SSSR count). The zero-order valence-electron chi connectivity index (χ0n) is 19.5. The van der Waals surface area contributed by atoms with Gasteiger partial charge in [0.1, 0.15) is 17.6 Å². The summed E-state index contributed by atoms with van der Waals surface area (Å²) in [6.07, 6.45) is 0.164. The predicted octanol–water partition coefficient (Wildman–Crippen LogP) is 6.36. The van der Waals surface area contributed by atoms with Crippen molar-refractivity contribution in [2.75, 3.05) is 14.2 Å². The Balaban J connectivity index is 2.79. The van der Waals surface area contributed by atoms with Gasteiger partial charge in [0.25, 0.3) is 5.69 Å². The number of hydrogen-bond donors (Lipinski definition) is 0. The quantitative estimate of drug-likeness (QED) is 0.228. The van der Waals surface area contributed by atoms with Gasteiger partial charge in [-0.2, -0.15) is 5.26 Å². The van der Waals surface area contributed by atoms with Crippen molar-refractivity contribution in [3.63, 3.8) is 0 Å². The van der Waals surface area contributed by atoms with Gasteiger partial charge in [-0.15, -0.1) is 0 Å². The molecular formula is C23H29BrN2O5Si. The van der Waals surface area contributed by atoms with Crippen LogP contribution < -0.4 is 9.47 Å². The van der Waals surface area contributed by atoms with Crippen molar-refractivity contribution in [2.45, 2.75) is 50.9 Å². The van der Waals surface area contributed by atoms with E-state index in [1.165, 1.54) is 26.4 Å². The van der Waals surface area contributed by atoms with Crippen LogP contribution in [0.5, 0.6) is 11.5 Å². The Morgan fingerprint density at radius 1 is 1.09 bits per heavy atom. The molecule has 0 aliphatic heterocycles. The fourth-order valence-electron chi connectivity index (χ4n) is 3.20. The summed E-state index contributed by atoms with van der Waals surface area (Å²) < 4.78 is 18.8. The molecule has 1 unspecified atom stereocenters. The van der Waals surface area contributed by atoms with E-state index in [4.69, 9.17) is 13.9 Å². The largest absolute Gasteiger partial charge is 0.496 e. The molecule has 0 heterocycles. The number of nitro groups is 1. The summed E-state index contributed by atoms with van der Waals surface area (Å²) in [4.78, 5) is 10.6. The Bertz CT molecular complexity index is 1030. The third-order valence-corrected chi connectivity index (χ3v) is 11.0. The number of nitro benzene ring substituents is 1. The second-order valence-electron chi connectivity index (χ2n) is 9.06. The molecule has 7 nitrogen and oxygen atoms in total. The molecule has 0 N–H and O–H groups in total. The number of nitriles is 1. The topological polar surface area (TPSA) is 94.6 Å². The van der Waals surface area contributed by atoms with Gasteiger partial charge in [-0.3, -0.25) is 10.1 Å². The monoisotopic (exact) mass is 520 g/mol. The van der Waals surface area contributed by atoms with E-state index >= 15 is 0 Å². The van der Waals surface area contributed by atoms with Gasteiger partial charge in [0.2, 0.25) is 0 Å². The molecule has 0 fully saturated rings. The smallest absolute Gasteiger partial charge is 0.269 e. The molecule has 0 aromatic heterocycles. The lowest BCUT2D eigenvalue weighted by molar-refractivity contribution is -0.384. The number of nitrogens with zero attached hydrogens (tertiary/aromatic N) is 2. The van der Waals surface area contributed by atoms with E-state index in [9.17, 15) is 15.4 Å². The molecule has 0 amide bonds. The molecule has 9 heteroatoms. The predicted molar refractivity (Wildman–Crippen MR) is 130 cm³/mol. The van der Waals surface area contributed by atoms with Gasteiger partial charge in [0.05, 0.1) is 29.2 Å². The number of hydrogen-bond acceptors (Lipinski definition) is 6. The van der Waals surface area contributed by atoms with Crippen LogP contribution in [0.15, 0.2) is 40.9 Å². The summed E-state index contributed by atoms with van der Waals surface area (Å²) in [5.74, 6) is 0.916. The van der Waals surface area contributed by atoms with Crippen molar-refractivity contribution in [3.8, 4) is 17.6 Å². The van der Waals surface area contributed by atoms with Crippen molar-refractivity contribution in [2.24, 2.45) is 0 Å². The normalized spacial score (nSPS) is 13.7. The maximum Gasteiger partial charge on any atom is 0.269 e. The lowest BCUT2D eigenvalue weighted by Gasteiger charge is -2.43. The second-order valence-corrected chi connectivity index (χ2v) is 14.6. The third kappa shape index (κ3) is 5.14. The lowest BCUT2D eigenvalue weighted by atomic mass is 9.87. The summed E-state index contributed by atoms with van der Waals surface area (Å²) in [6, 6.07) is 12.1. The van der Waals surface area contributed by atoms with Gasteiger partial charge in [0.15, 0.2) is 13.9 Å². The van der Waals surface area contributed by atoms with Crippen LogP contribution >= 0.6 is 15.9 Å². The van der Waals surface area contributed by atoms with Crippen LogP contribution in [-0.2, 0) is 16.4 Å². The second kappa shape index (κ2) is 9.61. The maximum atomic E-state index is 11.1. The molecule has 2 aromatic carbocycles. The van der Waals surface area contributed by atoms with Gasteiger partial charge >= 0.3 is 0 Å². The molecule has 0 aliphatic carbocycles. The van der Waals surface area contributed by atoms with E-state index in [2.05, 4.69) is 55.9 Å². The first kappa shape index (κ1) is 25.8. The molecule has 0 saturated heterocycles. The lowest BCUT2D eigenvalue weighted by Crippen LogP contribution is -2.49. The maximum absolute atomic E-state index is 11.1. The number of ether oxygens (including phenoxy) is 2. The molecular weight excluding hydrogens is 492 g/mol. The minimum absolute atomic E-state index is 0.0146. The first-order valence-corrected chi connectivity index (χ1v) is 13.8. The molecule has 172 valence electrons. The van der Waals surface area contributed by atoms with E-state index < -0.39 is 18.8 Å². The van der Waals surface area contributed by atoms with Crippen LogP contribution in [0.1, 0.15) is 31.9 Å². The molecule has 0 spiro atoms. The van der Waals surface area contributed by atoms with Crippen molar-refractivity contribution >= 4 is 29.9 Å². The standard InChI is InChI=1S/C23H29BrN2O5Si/c1-22(2,3)32(6,7)31-23(15-25,14-16-8-10-17(11-9-16)26(27)28)20-19(29-4)13-12-18(24)21(20)30-5/h8-13H,14H2,1-7H3. The summed E-state index contributed by atoms with van der Waals surface area (Å²) in [6.45, 7) is 10.4. The number of methoxy groups -OCH3 is 2. The molecule has 32 heavy (non-hydrogen) atoms. The summed E-state index contributed by atoms with van der Waals surface area (Å²) in [5.41, 5.74) is -0.249. The van der Waals surface area contributed by atoms with E-state index in [1.54, 1.807) is 24.3 Å². The van der Waals surface area contributed by atoms with Gasteiger partial charge in [-0.25, -0.2) is 0 Å². The Labute approximate surface area is 198 Å². The summed E-state index contributed by atoms with van der Waals surface area (Å²) in [7, 11) is 0.593. The molecule has 0 aliphatic rings. The zero-order valence-corrected chi connectivity index (χ0v) is 22.1. The first-order valence-electron chi connectivity index (χ1n) is 10.1. The first-order chi connectivity index (χ1) is 14.8. The molecule has 0 bridgehead atoms. The molecule has 0 radical (unpaired) electrons. The Kier molecular flexibility index (Phi) is 7.76. The number of halogens is 1. The molecule has 1 atom stereocenters. The Morgan fingerprint density at radius 2 is 1.69 bits per heavy atom. The zero-order chi connectivity index (χ0) is 24.3. The van der Waals surface area contributed by atoms with E-state index in [0.717, 1.165) is 5.56 Å². The Morgan fingerprint density at radius 3 is 2.12 bits per heavy atom. The summed E-state index contributed by atoms with van der Waals surface area (Å²) in [5, 5.41) is 21.5. The van der Waals surface area contributed by atoms with Crippen molar-refractivity contribution < 1.29 is 18.8 Å². The highest BCUT2D eigenvalue weighted by molar-refractivity contribution is 9.10. The van der Waals surface area contributed by atoms with Crippen molar-refractivity contribution in [3.05, 3.63) is 62.1 Å². The van der Waals surface area contributed by atoms with Gasteiger partial charge in [0, 0.05) is 18.6 Å². The van der Waals surface area contributed by atoms with Crippen LogP contribution in [0, 0.1) is 21.4 Å². The van der Waals surface area contributed by atoms with E-state index in [0.29, 0.717) is 21.5 Å². The van der Waals surface area contributed by atoms with Crippen molar-refractivity contribution in [1.29, 1.82) is 5.26 Å². The van der Waals surface area contributed by atoms with E-state index in [-0.39, 0.29) is 17.1 Å². The minimum Gasteiger partial charge on any atom is -0.496 e. The van der Waals surface area contributed by atoms with Crippen molar-refractivity contribution in [1.82, 2.24) is 0 Å². The fraction of sp³-hybridized carbons (Fsp3) is 0.435. The third-order valence-electron chi connectivity index (χ3n) is 5.92. The van der Waals surface area contributed by atoms with Crippen LogP contribution in [0.25, 0.3) is 0 Å². The van der Waals surface area contributed by atoms with Crippen LogP contribution in [0.4, 0.5) is 5.69 Å². The number of rotatable bonds is 8. The average Bonchev–Trinajstić information content (AvgIpc) is 2.72. The number of non-ortho nitro benzene ring substituents is 1. The van der Waals surface area contributed by atoms with Gasteiger partial charge < -0.3 is 13.9 Å². The van der Waals surface area contributed by atoms with Gasteiger partial charge in [-0.1, -0.05) is 32.9 Å². The van der Waals surface area contributed by atoms with Crippen LogP contribution in [0.2, 0.25) is 18.1 Å². The highest BCUT2D eigenvalue weighted by Gasteiger charge is 2.49. The highest BCUT2D eigenvalue weighted by atomic mass is 79.9. The van der Waals surface area contributed by atoms with Crippen LogP contribution in [-0.4, -0.2) is 27.5 Å². The molecule has 0 saturated carbocycles. The molecule has 2 aromatic rings. The SMILES string of the molecule is COc1ccc(Br)c(OC)c1C(C#N)(Cc1ccc([N+](=O)[O-])cc1)O[Si](C)(C)C(C)(C)C.